The molecule has 1 aromatic heterocycles. The van der Waals surface area contributed by atoms with E-state index in [-0.39, 0.29) is 5.69 Å². The fourth-order valence-corrected chi connectivity index (χ4v) is 1.49. The second kappa shape index (κ2) is 2.74. The molecule has 0 unspecified atom stereocenters. The molecule has 0 fully saturated rings. The quantitative estimate of drug-likeness (QED) is 0.563. The van der Waals surface area contributed by atoms with Crippen LogP contribution in [0.25, 0.3) is 10.9 Å². The Kier molecular flexibility index (Phi) is 1.70. The number of nitro benzene ring substituents is 1. The van der Waals surface area contributed by atoms with Crippen molar-refractivity contribution in [1.29, 1.82) is 0 Å². The number of H-pyrrole nitrogens is 1. The Morgan fingerprint density at radius 2 is 2.23 bits per heavy atom. The van der Waals surface area contributed by atoms with E-state index < -0.39 is 4.92 Å². The first kappa shape index (κ1) is 8.07. The predicted molar refractivity (Wildman–Crippen MR) is 50.0 cm³/mol. The van der Waals surface area contributed by atoms with Gasteiger partial charge in [0, 0.05) is 23.7 Å². The van der Waals surface area contributed by atoms with Crippen molar-refractivity contribution in [3.05, 3.63) is 39.5 Å². The predicted octanol–water partition coefficient (Wildman–Crippen LogP) is 2.73. The summed E-state index contributed by atoms with van der Waals surface area (Å²) in [6, 6.07) is 4.56. The number of rotatable bonds is 1. The number of nitrogens with one attached hydrogen (secondary N) is 1. The Balaban J connectivity index is 2.77. The monoisotopic (exact) mass is 196 g/mol. The second-order valence-electron chi connectivity index (χ2n) is 2.63. The Bertz CT molecular complexity index is 478. The summed E-state index contributed by atoms with van der Waals surface area (Å²) in [4.78, 5) is 12.9. The summed E-state index contributed by atoms with van der Waals surface area (Å²) >= 11 is 5.81. The maximum atomic E-state index is 10.5. The van der Waals surface area contributed by atoms with Gasteiger partial charge in [0.05, 0.1) is 15.5 Å². The van der Waals surface area contributed by atoms with Gasteiger partial charge in [-0.1, -0.05) is 11.6 Å². The molecular weight excluding hydrogens is 192 g/mol. The highest BCUT2D eigenvalue weighted by Gasteiger charge is 2.10. The number of hydrogen-bond donors (Lipinski definition) is 1. The van der Waals surface area contributed by atoms with Crippen LogP contribution in [0, 0.1) is 10.1 Å². The molecule has 0 bridgehead atoms. The average Bonchev–Trinajstić information content (AvgIpc) is 2.51. The molecule has 1 heterocycles. The van der Waals surface area contributed by atoms with Crippen LogP contribution in [-0.2, 0) is 0 Å². The Morgan fingerprint density at radius 3 is 2.92 bits per heavy atom. The van der Waals surface area contributed by atoms with Crippen molar-refractivity contribution in [2.45, 2.75) is 0 Å². The number of hydrogen-bond acceptors (Lipinski definition) is 2. The van der Waals surface area contributed by atoms with Crippen LogP contribution >= 0.6 is 11.6 Å². The molecule has 0 spiro atoms. The fraction of sp³-hybridized carbons (Fsp3) is 0. The van der Waals surface area contributed by atoms with Crippen molar-refractivity contribution in [3.63, 3.8) is 0 Å². The summed E-state index contributed by atoms with van der Waals surface area (Å²) in [5.41, 5.74) is 0.740. The van der Waals surface area contributed by atoms with Gasteiger partial charge in [0.25, 0.3) is 5.69 Å². The summed E-state index contributed by atoms with van der Waals surface area (Å²) in [7, 11) is 0. The number of halogens is 1. The van der Waals surface area contributed by atoms with Crippen molar-refractivity contribution in [2.75, 3.05) is 0 Å². The zero-order valence-electron chi connectivity index (χ0n) is 6.45. The van der Waals surface area contributed by atoms with E-state index in [9.17, 15) is 10.1 Å². The van der Waals surface area contributed by atoms with Crippen molar-refractivity contribution in [1.82, 2.24) is 4.98 Å². The van der Waals surface area contributed by atoms with Gasteiger partial charge in [-0.05, 0) is 6.07 Å². The maximum absolute atomic E-state index is 10.5. The zero-order chi connectivity index (χ0) is 9.42. The Labute approximate surface area is 78.3 Å². The SMILES string of the molecule is O=[N+]([O-])c1cc(Cl)c2[nH]ccc2c1. The summed E-state index contributed by atoms with van der Waals surface area (Å²) < 4.78 is 0. The third kappa shape index (κ3) is 1.25. The number of nitro groups is 1. The molecule has 2 aromatic rings. The molecule has 2 rings (SSSR count). The minimum Gasteiger partial charge on any atom is -0.360 e. The average molecular weight is 197 g/mol. The van der Waals surface area contributed by atoms with Gasteiger partial charge in [0.2, 0.25) is 0 Å². The van der Waals surface area contributed by atoms with Crippen LogP contribution in [0.4, 0.5) is 5.69 Å². The molecule has 0 aliphatic heterocycles. The first-order chi connectivity index (χ1) is 6.18. The van der Waals surface area contributed by atoms with E-state index in [1.165, 1.54) is 12.1 Å². The highest BCUT2D eigenvalue weighted by Crippen LogP contribution is 2.27. The van der Waals surface area contributed by atoms with Gasteiger partial charge < -0.3 is 4.98 Å². The van der Waals surface area contributed by atoms with Crippen molar-refractivity contribution in [3.8, 4) is 0 Å². The zero-order valence-corrected chi connectivity index (χ0v) is 7.21. The van der Waals surface area contributed by atoms with Gasteiger partial charge in [-0.25, -0.2) is 0 Å². The van der Waals surface area contributed by atoms with E-state index in [1.807, 2.05) is 0 Å². The smallest absolute Gasteiger partial charge is 0.271 e. The van der Waals surface area contributed by atoms with Crippen molar-refractivity contribution >= 4 is 28.2 Å². The molecule has 66 valence electrons. The molecule has 0 atom stereocenters. The summed E-state index contributed by atoms with van der Waals surface area (Å²) in [5, 5.41) is 11.6. The van der Waals surface area contributed by atoms with Gasteiger partial charge in [-0.2, -0.15) is 0 Å². The number of nitrogens with zero attached hydrogens (tertiary/aromatic N) is 1. The van der Waals surface area contributed by atoms with E-state index in [1.54, 1.807) is 12.3 Å². The van der Waals surface area contributed by atoms with Crippen LogP contribution in [-0.4, -0.2) is 9.91 Å². The van der Waals surface area contributed by atoms with E-state index in [2.05, 4.69) is 4.98 Å². The molecule has 0 saturated heterocycles. The molecule has 0 radical (unpaired) electrons. The second-order valence-corrected chi connectivity index (χ2v) is 3.03. The first-order valence-electron chi connectivity index (χ1n) is 3.59. The maximum Gasteiger partial charge on any atom is 0.271 e. The van der Waals surface area contributed by atoms with E-state index >= 15 is 0 Å². The highest BCUT2D eigenvalue weighted by atomic mass is 35.5. The number of aromatic nitrogens is 1. The van der Waals surface area contributed by atoms with Gasteiger partial charge >= 0.3 is 0 Å². The summed E-state index contributed by atoms with van der Waals surface area (Å²) in [5.74, 6) is 0. The van der Waals surface area contributed by atoms with E-state index in [0.29, 0.717) is 5.02 Å². The van der Waals surface area contributed by atoms with E-state index in [4.69, 9.17) is 11.6 Å². The third-order valence-electron chi connectivity index (χ3n) is 1.81. The lowest BCUT2D eigenvalue weighted by Gasteiger charge is -1.94. The third-order valence-corrected chi connectivity index (χ3v) is 2.10. The molecule has 0 amide bonds. The van der Waals surface area contributed by atoms with Gasteiger partial charge in [-0.3, -0.25) is 10.1 Å². The normalized spacial score (nSPS) is 10.5. The number of non-ortho nitro benzene ring substituents is 1. The lowest BCUT2D eigenvalue weighted by molar-refractivity contribution is -0.384. The number of aromatic amines is 1. The lowest BCUT2D eigenvalue weighted by Crippen LogP contribution is -1.87. The molecule has 13 heavy (non-hydrogen) atoms. The molecular formula is C8H5ClN2O2. The van der Waals surface area contributed by atoms with Crippen LogP contribution in [0.15, 0.2) is 24.4 Å². The Morgan fingerprint density at radius 1 is 1.46 bits per heavy atom. The standard InChI is InChI=1S/C8H5ClN2O2/c9-7-4-6(11(12)13)3-5-1-2-10-8(5)7/h1-4,10H. The molecule has 5 heteroatoms. The summed E-state index contributed by atoms with van der Waals surface area (Å²) in [6.07, 6.45) is 1.69. The number of fused-ring (bicyclic) bond motifs is 1. The minimum absolute atomic E-state index is 0.0112. The lowest BCUT2D eigenvalue weighted by atomic mass is 10.2. The number of benzene rings is 1. The van der Waals surface area contributed by atoms with Gasteiger partial charge in [0.1, 0.15) is 0 Å². The van der Waals surface area contributed by atoms with Crippen molar-refractivity contribution < 1.29 is 4.92 Å². The topological polar surface area (TPSA) is 58.9 Å². The molecule has 1 N–H and O–H groups in total. The molecule has 0 aliphatic carbocycles. The Hall–Kier alpha value is -1.55. The van der Waals surface area contributed by atoms with Crippen LogP contribution < -0.4 is 0 Å². The summed E-state index contributed by atoms with van der Waals surface area (Å²) in [6.45, 7) is 0. The van der Waals surface area contributed by atoms with Crippen LogP contribution in [0.1, 0.15) is 0 Å². The van der Waals surface area contributed by atoms with Gasteiger partial charge in [0.15, 0.2) is 0 Å². The van der Waals surface area contributed by atoms with E-state index in [0.717, 1.165) is 10.9 Å². The van der Waals surface area contributed by atoms with Crippen LogP contribution in [0.5, 0.6) is 0 Å². The molecule has 4 nitrogen and oxygen atoms in total. The molecule has 0 aliphatic rings. The molecule has 1 aromatic carbocycles. The first-order valence-corrected chi connectivity index (χ1v) is 3.97. The minimum atomic E-state index is -0.460. The fourth-order valence-electron chi connectivity index (χ4n) is 1.22. The molecule has 0 saturated carbocycles. The highest BCUT2D eigenvalue weighted by molar-refractivity contribution is 6.35. The van der Waals surface area contributed by atoms with Crippen LogP contribution in [0.2, 0.25) is 5.02 Å². The van der Waals surface area contributed by atoms with Gasteiger partial charge in [-0.15, -0.1) is 0 Å². The largest absolute Gasteiger partial charge is 0.360 e. The van der Waals surface area contributed by atoms with Crippen LogP contribution in [0.3, 0.4) is 0 Å². The van der Waals surface area contributed by atoms with Crippen molar-refractivity contribution in [2.24, 2.45) is 0 Å².